The Hall–Kier alpha value is -2.03. The van der Waals surface area contributed by atoms with Gasteiger partial charge < -0.3 is 4.74 Å². The monoisotopic (exact) mass is 243 g/mol. The maximum Gasteiger partial charge on any atom is 0.416 e. The summed E-state index contributed by atoms with van der Waals surface area (Å²) in [6, 6.07) is 4.68. The summed E-state index contributed by atoms with van der Waals surface area (Å²) in [7, 11) is 1.10. The molecule has 0 amide bonds. The number of nitriles is 1. The zero-order valence-corrected chi connectivity index (χ0v) is 8.84. The molecule has 0 saturated heterocycles. The molecule has 0 unspecified atom stereocenters. The summed E-state index contributed by atoms with van der Waals surface area (Å²) in [5.74, 6) is -0.764. The normalized spacial score (nSPS) is 10.8. The topological polar surface area (TPSA) is 50.1 Å². The first-order valence-corrected chi connectivity index (χ1v) is 4.55. The van der Waals surface area contributed by atoms with E-state index in [1.807, 2.05) is 0 Å². The first-order valence-electron chi connectivity index (χ1n) is 4.55. The number of alkyl halides is 3. The minimum atomic E-state index is -4.60. The summed E-state index contributed by atoms with van der Waals surface area (Å²) in [6.45, 7) is 0. The number of methoxy groups -OCH3 is 1. The maximum absolute atomic E-state index is 12.7. The molecule has 0 atom stereocenters. The summed E-state index contributed by atoms with van der Waals surface area (Å²) in [5.41, 5.74) is -1.30. The van der Waals surface area contributed by atoms with Crippen LogP contribution in [0.4, 0.5) is 13.2 Å². The first-order chi connectivity index (χ1) is 7.88. The number of carbonyl (C=O) groups is 1. The van der Waals surface area contributed by atoms with E-state index in [0.717, 1.165) is 19.2 Å². The molecule has 3 nitrogen and oxygen atoms in total. The lowest BCUT2D eigenvalue weighted by molar-refractivity contribution is -0.141. The van der Waals surface area contributed by atoms with Gasteiger partial charge in [0.25, 0.3) is 0 Å². The van der Waals surface area contributed by atoms with Crippen molar-refractivity contribution in [2.45, 2.75) is 12.6 Å². The second-order valence-corrected chi connectivity index (χ2v) is 3.23. The van der Waals surface area contributed by atoms with Crippen molar-refractivity contribution in [2.24, 2.45) is 0 Å². The molecule has 90 valence electrons. The number of ether oxygens (including phenoxy) is 1. The van der Waals surface area contributed by atoms with Crippen LogP contribution in [0.15, 0.2) is 18.2 Å². The van der Waals surface area contributed by atoms with Crippen molar-refractivity contribution in [1.29, 1.82) is 5.26 Å². The summed E-state index contributed by atoms with van der Waals surface area (Å²) in [5, 5.41) is 8.54. The van der Waals surface area contributed by atoms with E-state index in [1.54, 1.807) is 6.07 Å². The minimum absolute atomic E-state index is 0.106. The van der Waals surface area contributed by atoms with Crippen LogP contribution in [-0.4, -0.2) is 13.1 Å². The van der Waals surface area contributed by atoms with E-state index in [1.165, 1.54) is 6.07 Å². The third-order valence-corrected chi connectivity index (χ3v) is 2.11. The van der Waals surface area contributed by atoms with Gasteiger partial charge in [-0.15, -0.1) is 0 Å². The predicted molar refractivity (Wildman–Crippen MR) is 51.9 cm³/mol. The van der Waals surface area contributed by atoms with E-state index in [9.17, 15) is 18.0 Å². The van der Waals surface area contributed by atoms with Gasteiger partial charge in [-0.1, -0.05) is 6.07 Å². The van der Waals surface area contributed by atoms with Crippen molar-refractivity contribution < 1.29 is 22.7 Å². The number of hydrogen-bond donors (Lipinski definition) is 0. The lowest BCUT2D eigenvalue weighted by Gasteiger charge is -2.12. The molecule has 0 aliphatic rings. The third kappa shape index (κ3) is 3.21. The minimum Gasteiger partial charge on any atom is -0.469 e. The van der Waals surface area contributed by atoms with Crippen LogP contribution in [0.2, 0.25) is 0 Å². The summed E-state index contributed by atoms with van der Waals surface area (Å²) >= 11 is 0. The number of hydrogen-bond acceptors (Lipinski definition) is 3. The van der Waals surface area contributed by atoms with Crippen molar-refractivity contribution >= 4 is 5.97 Å². The molecular weight excluding hydrogens is 235 g/mol. The first kappa shape index (κ1) is 13.0. The van der Waals surface area contributed by atoms with Gasteiger partial charge in [0.1, 0.15) is 0 Å². The molecule has 0 aliphatic carbocycles. The Labute approximate surface area is 95.4 Å². The molecule has 0 aliphatic heterocycles. The molecule has 1 aromatic rings. The van der Waals surface area contributed by atoms with Crippen molar-refractivity contribution in [3.63, 3.8) is 0 Å². The van der Waals surface area contributed by atoms with Crippen LogP contribution in [0.25, 0.3) is 0 Å². The number of carbonyl (C=O) groups excluding carboxylic acids is 1. The Kier molecular flexibility index (Phi) is 3.73. The van der Waals surface area contributed by atoms with E-state index in [0.29, 0.717) is 0 Å². The SMILES string of the molecule is COC(=O)Cc1ccc(C#N)cc1C(F)(F)F. The Morgan fingerprint density at radius 1 is 1.47 bits per heavy atom. The fourth-order valence-electron chi connectivity index (χ4n) is 1.29. The highest BCUT2D eigenvalue weighted by molar-refractivity contribution is 5.73. The van der Waals surface area contributed by atoms with Gasteiger partial charge in [0.05, 0.1) is 30.7 Å². The zero-order valence-electron chi connectivity index (χ0n) is 8.84. The van der Waals surface area contributed by atoms with E-state index in [4.69, 9.17) is 5.26 Å². The highest BCUT2D eigenvalue weighted by atomic mass is 19.4. The summed E-state index contributed by atoms with van der Waals surface area (Å²) in [4.78, 5) is 11.0. The van der Waals surface area contributed by atoms with Gasteiger partial charge in [-0.2, -0.15) is 18.4 Å². The van der Waals surface area contributed by atoms with Crippen molar-refractivity contribution in [3.05, 3.63) is 34.9 Å². The molecule has 0 aromatic heterocycles. The molecule has 0 spiro atoms. The molecule has 1 aromatic carbocycles. The molecular formula is C11H8F3NO2. The standard InChI is InChI=1S/C11H8F3NO2/c1-17-10(16)5-8-3-2-7(6-15)4-9(8)11(12,13)14/h2-4H,5H2,1H3. The van der Waals surface area contributed by atoms with E-state index in [-0.39, 0.29) is 11.1 Å². The molecule has 0 fully saturated rings. The van der Waals surface area contributed by atoms with Gasteiger partial charge in [-0.3, -0.25) is 4.79 Å². The number of esters is 1. The number of nitrogens with zero attached hydrogens (tertiary/aromatic N) is 1. The molecule has 1 rings (SSSR count). The molecule has 0 radical (unpaired) electrons. The second kappa shape index (κ2) is 4.87. The van der Waals surface area contributed by atoms with E-state index in [2.05, 4.69) is 4.74 Å². The maximum atomic E-state index is 12.7. The smallest absolute Gasteiger partial charge is 0.416 e. The molecule has 0 bridgehead atoms. The van der Waals surface area contributed by atoms with Crippen LogP contribution in [0.5, 0.6) is 0 Å². The summed E-state index contributed by atoms with van der Waals surface area (Å²) < 4.78 is 42.3. The fourth-order valence-corrected chi connectivity index (χ4v) is 1.29. The fraction of sp³-hybridized carbons (Fsp3) is 0.273. The quantitative estimate of drug-likeness (QED) is 0.749. The highest BCUT2D eigenvalue weighted by Crippen LogP contribution is 2.33. The van der Waals surface area contributed by atoms with Crippen LogP contribution >= 0.6 is 0 Å². The number of rotatable bonds is 2. The second-order valence-electron chi connectivity index (χ2n) is 3.23. The van der Waals surface area contributed by atoms with Crippen LogP contribution < -0.4 is 0 Å². The molecule has 6 heteroatoms. The van der Waals surface area contributed by atoms with Crippen molar-refractivity contribution in [1.82, 2.24) is 0 Å². The van der Waals surface area contributed by atoms with Gasteiger partial charge in [-0.05, 0) is 17.7 Å². The molecule has 0 heterocycles. The van der Waals surface area contributed by atoms with Crippen molar-refractivity contribution in [2.75, 3.05) is 7.11 Å². The Morgan fingerprint density at radius 2 is 2.12 bits per heavy atom. The Bertz CT molecular complexity index is 475. The largest absolute Gasteiger partial charge is 0.469 e. The van der Waals surface area contributed by atoms with Crippen LogP contribution in [0.1, 0.15) is 16.7 Å². The van der Waals surface area contributed by atoms with Crippen molar-refractivity contribution in [3.8, 4) is 6.07 Å². The van der Waals surface area contributed by atoms with Crippen LogP contribution in [-0.2, 0) is 22.1 Å². The van der Waals surface area contributed by atoms with Gasteiger partial charge >= 0.3 is 12.1 Å². The van der Waals surface area contributed by atoms with Gasteiger partial charge in [-0.25, -0.2) is 0 Å². The predicted octanol–water partition coefficient (Wildman–Crippen LogP) is 2.29. The number of halogens is 3. The Morgan fingerprint density at radius 3 is 2.59 bits per heavy atom. The molecule has 0 saturated carbocycles. The highest BCUT2D eigenvalue weighted by Gasteiger charge is 2.34. The van der Waals surface area contributed by atoms with Gasteiger partial charge in [0.15, 0.2) is 0 Å². The van der Waals surface area contributed by atoms with Crippen LogP contribution in [0.3, 0.4) is 0 Å². The zero-order chi connectivity index (χ0) is 13.1. The number of benzene rings is 1. The molecule has 17 heavy (non-hydrogen) atoms. The van der Waals surface area contributed by atoms with Crippen LogP contribution in [0, 0.1) is 11.3 Å². The van der Waals surface area contributed by atoms with E-state index >= 15 is 0 Å². The van der Waals surface area contributed by atoms with Gasteiger partial charge in [0.2, 0.25) is 0 Å². The molecule has 0 N–H and O–H groups in total. The lowest BCUT2D eigenvalue weighted by Crippen LogP contribution is -2.13. The Balaban J connectivity index is 3.22. The van der Waals surface area contributed by atoms with Gasteiger partial charge in [0, 0.05) is 0 Å². The lowest BCUT2D eigenvalue weighted by atomic mass is 10.0. The third-order valence-electron chi connectivity index (χ3n) is 2.11. The average molecular weight is 243 g/mol. The average Bonchev–Trinajstić information content (AvgIpc) is 2.28. The summed E-state index contributed by atoms with van der Waals surface area (Å²) in [6.07, 6.45) is -5.08. The van der Waals surface area contributed by atoms with E-state index < -0.39 is 24.1 Å².